The third-order valence-electron chi connectivity index (χ3n) is 3.07. The van der Waals surface area contributed by atoms with E-state index in [2.05, 4.69) is 10.2 Å². The van der Waals surface area contributed by atoms with Gasteiger partial charge in [0.2, 0.25) is 0 Å². The second-order valence-electron chi connectivity index (χ2n) is 4.23. The first-order chi connectivity index (χ1) is 9.70. The Kier molecular flexibility index (Phi) is 3.24. The molecule has 3 aromatic rings. The van der Waals surface area contributed by atoms with E-state index >= 15 is 0 Å². The standard InChI is InChI=1S/C15H10ClFN2O/c1-20-9-6-7-12(13(17)8-9)14-10-4-2-3-5-11(10)15(16)19-18-14/h2-8H,1H3. The van der Waals surface area contributed by atoms with Gasteiger partial charge in [-0.2, -0.15) is 0 Å². The number of hydrogen-bond acceptors (Lipinski definition) is 3. The second-order valence-corrected chi connectivity index (χ2v) is 4.59. The molecule has 3 nitrogen and oxygen atoms in total. The highest BCUT2D eigenvalue weighted by molar-refractivity contribution is 6.34. The lowest BCUT2D eigenvalue weighted by atomic mass is 10.0. The third-order valence-corrected chi connectivity index (χ3v) is 3.35. The summed E-state index contributed by atoms with van der Waals surface area (Å²) in [6, 6.07) is 12.0. The fraction of sp³-hybridized carbons (Fsp3) is 0.0667. The summed E-state index contributed by atoms with van der Waals surface area (Å²) in [5.41, 5.74) is 0.830. The van der Waals surface area contributed by atoms with Crippen LogP contribution >= 0.6 is 11.6 Å². The lowest BCUT2D eigenvalue weighted by Crippen LogP contribution is -1.94. The smallest absolute Gasteiger partial charge is 0.159 e. The van der Waals surface area contributed by atoms with E-state index in [1.54, 1.807) is 12.1 Å². The molecule has 0 atom stereocenters. The fourth-order valence-corrected chi connectivity index (χ4v) is 2.29. The van der Waals surface area contributed by atoms with Crippen molar-refractivity contribution in [3.8, 4) is 17.0 Å². The van der Waals surface area contributed by atoms with Gasteiger partial charge in [-0.15, -0.1) is 10.2 Å². The second kappa shape index (κ2) is 5.06. The van der Waals surface area contributed by atoms with Crippen LogP contribution in [0.1, 0.15) is 0 Å². The highest BCUT2D eigenvalue weighted by Gasteiger charge is 2.13. The number of methoxy groups -OCH3 is 1. The van der Waals surface area contributed by atoms with Gasteiger partial charge in [-0.1, -0.05) is 35.9 Å². The molecule has 0 saturated heterocycles. The molecule has 0 aliphatic carbocycles. The van der Waals surface area contributed by atoms with Gasteiger partial charge in [0.1, 0.15) is 17.3 Å². The molecular weight excluding hydrogens is 279 g/mol. The van der Waals surface area contributed by atoms with Crippen molar-refractivity contribution in [1.29, 1.82) is 0 Å². The fourth-order valence-electron chi connectivity index (χ4n) is 2.08. The minimum atomic E-state index is -0.411. The molecule has 1 heterocycles. The lowest BCUT2D eigenvalue weighted by molar-refractivity contribution is 0.411. The summed E-state index contributed by atoms with van der Waals surface area (Å²) >= 11 is 6.02. The van der Waals surface area contributed by atoms with E-state index < -0.39 is 5.82 Å². The van der Waals surface area contributed by atoms with Crippen molar-refractivity contribution < 1.29 is 9.13 Å². The van der Waals surface area contributed by atoms with Gasteiger partial charge >= 0.3 is 0 Å². The monoisotopic (exact) mass is 288 g/mol. The van der Waals surface area contributed by atoms with E-state index in [1.165, 1.54) is 13.2 Å². The Bertz CT molecular complexity index is 792. The molecule has 0 aliphatic heterocycles. The summed E-state index contributed by atoms with van der Waals surface area (Å²) in [6.07, 6.45) is 0. The van der Waals surface area contributed by atoms with Crippen molar-refractivity contribution in [2.45, 2.75) is 0 Å². The molecular formula is C15H10ClFN2O. The van der Waals surface area contributed by atoms with E-state index in [4.69, 9.17) is 16.3 Å². The molecule has 0 radical (unpaired) electrons. The molecule has 0 spiro atoms. The maximum Gasteiger partial charge on any atom is 0.159 e. The van der Waals surface area contributed by atoms with Crippen molar-refractivity contribution in [2.75, 3.05) is 7.11 Å². The van der Waals surface area contributed by atoms with Gasteiger partial charge in [0.05, 0.1) is 7.11 Å². The number of rotatable bonds is 2. The van der Waals surface area contributed by atoms with Crippen LogP contribution in [0.5, 0.6) is 5.75 Å². The predicted molar refractivity (Wildman–Crippen MR) is 76.5 cm³/mol. The Hall–Kier alpha value is -2.20. The quantitative estimate of drug-likeness (QED) is 0.712. The van der Waals surface area contributed by atoms with Crippen molar-refractivity contribution >= 4 is 22.4 Å². The zero-order valence-corrected chi connectivity index (χ0v) is 11.4. The van der Waals surface area contributed by atoms with Crippen molar-refractivity contribution in [2.24, 2.45) is 0 Å². The largest absolute Gasteiger partial charge is 0.497 e. The van der Waals surface area contributed by atoms with Crippen LogP contribution in [0, 0.1) is 5.82 Å². The lowest BCUT2D eigenvalue weighted by Gasteiger charge is -2.08. The first kappa shape index (κ1) is 12.8. The number of hydrogen-bond donors (Lipinski definition) is 0. The van der Waals surface area contributed by atoms with Crippen LogP contribution < -0.4 is 4.74 Å². The van der Waals surface area contributed by atoms with Crippen LogP contribution in [0.4, 0.5) is 4.39 Å². The summed E-state index contributed by atoms with van der Waals surface area (Å²) in [7, 11) is 1.49. The summed E-state index contributed by atoms with van der Waals surface area (Å²) in [5.74, 6) is 0.0450. The average Bonchev–Trinajstić information content (AvgIpc) is 2.48. The molecule has 0 unspecified atom stereocenters. The summed E-state index contributed by atoms with van der Waals surface area (Å²) < 4.78 is 19.2. The van der Waals surface area contributed by atoms with Crippen molar-refractivity contribution in [1.82, 2.24) is 10.2 Å². The molecule has 0 bridgehead atoms. The molecule has 2 aromatic carbocycles. The highest BCUT2D eigenvalue weighted by Crippen LogP contribution is 2.32. The Morgan fingerprint density at radius 3 is 2.50 bits per heavy atom. The summed E-state index contributed by atoms with van der Waals surface area (Å²) in [4.78, 5) is 0. The zero-order valence-electron chi connectivity index (χ0n) is 10.6. The van der Waals surface area contributed by atoms with Crippen LogP contribution in [0.2, 0.25) is 5.15 Å². The number of ether oxygens (including phenoxy) is 1. The van der Waals surface area contributed by atoms with Crippen LogP contribution in [-0.2, 0) is 0 Å². The Morgan fingerprint density at radius 2 is 1.80 bits per heavy atom. The van der Waals surface area contributed by atoms with Gasteiger partial charge in [-0.3, -0.25) is 0 Å². The topological polar surface area (TPSA) is 35.0 Å². The van der Waals surface area contributed by atoms with Crippen molar-refractivity contribution in [3.05, 3.63) is 53.4 Å². The maximum absolute atomic E-state index is 14.2. The SMILES string of the molecule is COc1ccc(-c2nnc(Cl)c3ccccc23)c(F)c1. The van der Waals surface area contributed by atoms with E-state index in [0.717, 1.165) is 10.8 Å². The summed E-state index contributed by atoms with van der Waals surface area (Å²) in [5, 5.41) is 9.72. The van der Waals surface area contributed by atoms with Gasteiger partial charge in [-0.25, -0.2) is 4.39 Å². The average molecular weight is 289 g/mol. The van der Waals surface area contributed by atoms with Crippen LogP contribution in [0.3, 0.4) is 0 Å². The van der Waals surface area contributed by atoms with Gasteiger partial charge in [0.15, 0.2) is 5.15 Å². The van der Waals surface area contributed by atoms with Crippen LogP contribution in [0.25, 0.3) is 22.0 Å². The Labute approximate surface area is 120 Å². The number of benzene rings is 2. The zero-order chi connectivity index (χ0) is 14.1. The van der Waals surface area contributed by atoms with Gasteiger partial charge < -0.3 is 4.74 Å². The number of aromatic nitrogens is 2. The van der Waals surface area contributed by atoms with Gasteiger partial charge in [0, 0.05) is 22.4 Å². The highest BCUT2D eigenvalue weighted by atomic mass is 35.5. The first-order valence-corrected chi connectivity index (χ1v) is 6.33. The number of fused-ring (bicyclic) bond motifs is 1. The normalized spacial score (nSPS) is 10.8. The van der Waals surface area contributed by atoms with Crippen LogP contribution in [-0.4, -0.2) is 17.3 Å². The predicted octanol–water partition coefficient (Wildman–Crippen LogP) is 4.10. The third kappa shape index (κ3) is 2.08. The maximum atomic E-state index is 14.2. The molecule has 0 N–H and O–H groups in total. The minimum Gasteiger partial charge on any atom is -0.497 e. The molecule has 3 rings (SSSR count). The van der Waals surface area contributed by atoms with E-state index in [0.29, 0.717) is 22.2 Å². The number of nitrogens with zero attached hydrogens (tertiary/aromatic N) is 2. The van der Waals surface area contributed by atoms with Crippen LogP contribution in [0.15, 0.2) is 42.5 Å². The van der Waals surface area contributed by atoms with Crippen molar-refractivity contribution in [3.63, 3.8) is 0 Å². The van der Waals surface area contributed by atoms with Gasteiger partial charge in [0.25, 0.3) is 0 Å². The first-order valence-electron chi connectivity index (χ1n) is 5.95. The molecule has 100 valence electrons. The molecule has 0 aliphatic rings. The Morgan fingerprint density at radius 1 is 1.05 bits per heavy atom. The number of halogens is 2. The summed E-state index contributed by atoms with van der Waals surface area (Å²) in [6.45, 7) is 0. The minimum absolute atomic E-state index is 0.304. The van der Waals surface area contributed by atoms with E-state index in [-0.39, 0.29) is 0 Å². The van der Waals surface area contributed by atoms with E-state index in [1.807, 2.05) is 24.3 Å². The molecule has 1 aromatic heterocycles. The Balaban J connectivity index is 2.27. The molecule has 0 amide bonds. The van der Waals surface area contributed by atoms with E-state index in [9.17, 15) is 4.39 Å². The van der Waals surface area contributed by atoms with Gasteiger partial charge in [-0.05, 0) is 12.1 Å². The molecule has 0 saturated carbocycles. The molecule has 20 heavy (non-hydrogen) atoms. The molecule has 0 fully saturated rings. The molecule has 5 heteroatoms.